The Labute approximate surface area is 489 Å². The first-order valence-corrected chi connectivity index (χ1v) is 29.2. The van der Waals surface area contributed by atoms with Crippen molar-refractivity contribution in [3.8, 4) is 0 Å². The van der Waals surface area contributed by atoms with E-state index in [9.17, 15) is 48.3 Å². The molecule has 0 aromatic rings. The molecule has 23 heteroatoms. The van der Waals surface area contributed by atoms with Crippen LogP contribution < -0.4 is 21.3 Å². The van der Waals surface area contributed by atoms with Crippen LogP contribution in [0.2, 0.25) is 0 Å². The van der Waals surface area contributed by atoms with E-state index in [1.54, 1.807) is 67.5 Å². The van der Waals surface area contributed by atoms with E-state index < -0.39 is 162 Å². The van der Waals surface area contributed by atoms with Crippen LogP contribution in [0.5, 0.6) is 0 Å². The molecule has 11 amide bonds. The SMILES string of the molecule is C/C=C/C[C@@H](C)[C@@H](O)[C@H]1C(=O)N[C@@H](CC)C(=O)N(C)CC(=O)N(C)[C@@H](C(C)CC)C(=O)N[C@@H](C(C)C)C(=O)N(C)[C@@H](C)C(=O)N[C@@H](C)C(=O)N[C@H](C)C(=O)N(C)[C@@H](CC(C)C)C(=O)N(C)[C@@H](CC(C)C)C(=O)N(C)[C@@H](C(C)C)C(=O)N1C. The van der Waals surface area contributed by atoms with Gasteiger partial charge in [0.05, 0.1) is 12.6 Å². The van der Waals surface area contributed by atoms with Crippen molar-refractivity contribution in [3.05, 3.63) is 12.2 Å². The lowest BCUT2D eigenvalue weighted by atomic mass is 9.91. The summed E-state index contributed by atoms with van der Waals surface area (Å²) < 4.78 is 0. The van der Waals surface area contributed by atoms with Crippen LogP contribution in [0.15, 0.2) is 12.2 Å². The highest BCUT2D eigenvalue weighted by Gasteiger charge is 2.45. The van der Waals surface area contributed by atoms with Gasteiger partial charge in [-0.2, -0.15) is 0 Å². The highest BCUT2D eigenvalue weighted by molar-refractivity contribution is 5.99. The van der Waals surface area contributed by atoms with Gasteiger partial charge in [0, 0.05) is 49.3 Å². The number of nitrogens with one attached hydrogen (secondary N) is 4. The van der Waals surface area contributed by atoms with E-state index in [1.165, 1.54) is 89.7 Å². The summed E-state index contributed by atoms with van der Waals surface area (Å²) >= 11 is 0. The highest BCUT2D eigenvalue weighted by atomic mass is 16.3. The van der Waals surface area contributed by atoms with E-state index in [0.717, 1.165) is 14.7 Å². The van der Waals surface area contributed by atoms with Crippen molar-refractivity contribution < 1.29 is 57.8 Å². The molecule has 82 heavy (non-hydrogen) atoms. The molecule has 1 unspecified atom stereocenters. The molecule has 1 fully saturated rings. The molecule has 0 spiro atoms. The summed E-state index contributed by atoms with van der Waals surface area (Å²) in [7, 11) is 9.83. The van der Waals surface area contributed by atoms with Crippen molar-refractivity contribution in [1.29, 1.82) is 0 Å². The van der Waals surface area contributed by atoms with Crippen molar-refractivity contribution in [3.63, 3.8) is 0 Å². The molecular formula is C59H105N11O12. The van der Waals surface area contributed by atoms with Crippen molar-refractivity contribution in [1.82, 2.24) is 55.6 Å². The number of aliphatic hydroxyl groups is 1. The predicted molar refractivity (Wildman–Crippen MR) is 315 cm³/mol. The fourth-order valence-corrected chi connectivity index (χ4v) is 10.2. The third-order valence-corrected chi connectivity index (χ3v) is 16.0. The molecule has 1 aliphatic heterocycles. The van der Waals surface area contributed by atoms with Crippen molar-refractivity contribution in [2.75, 3.05) is 55.9 Å². The molecule has 1 heterocycles. The van der Waals surface area contributed by atoms with Gasteiger partial charge in [0.15, 0.2) is 0 Å². The maximum Gasteiger partial charge on any atom is 0.246 e. The molecule has 0 aromatic carbocycles. The van der Waals surface area contributed by atoms with Crippen LogP contribution in [0.1, 0.15) is 143 Å². The van der Waals surface area contributed by atoms with E-state index >= 15 is 9.59 Å². The Hall–Kier alpha value is -6.13. The monoisotopic (exact) mass is 1160 g/mol. The topological polar surface area (TPSA) is 279 Å². The molecule has 13 atom stereocenters. The lowest BCUT2D eigenvalue weighted by Crippen LogP contribution is -2.63. The number of hydrogen-bond acceptors (Lipinski definition) is 12. The van der Waals surface area contributed by atoms with E-state index in [4.69, 9.17) is 0 Å². The maximum absolute atomic E-state index is 15.1. The van der Waals surface area contributed by atoms with Gasteiger partial charge in [0.2, 0.25) is 65.0 Å². The van der Waals surface area contributed by atoms with E-state index in [-0.39, 0.29) is 31.1 Å². The summed E-state index contributed by atoms with van der Waals surface area (Å²) in [5, 5.41) is 22.8. The molecule has 23 nitrogen and oxygen atoms in total. The molecule has 5 N–H and O–H groups in total. The minimum Gasteiger partial charge on any atom is -0.390 e. The lowest BCUT2D eigenvalue weighted by molar-refractivity contribution is -0.157. The van der Waals surface area contributed by atoms with Crippen LogP contribution >= 0.6 is 0 Å². The summed E-state index contributed by atoms with van der Waals surface area (Å²) in [6.45, 7) is 26.8. The number of allylic oxidation sites excluding steroid dienone is 2. The third kappa shape index (κ3) is 19.5. The minimum absolute atomic E-state index is 0.0230. The lowest BCUT2D eigenvalue weighted by Gasteiger charge is -2.41. The molecule has 0 bridgehead atoms. The van der Waals surface area contributed by atoms with Gasteiger partial charge in [0.1, 0.15) is 60.4 Å². The number of hydrogen-bond donors (Lipinski definition) is 5. The molecule has 0 saturated carbocycles. The van der Waals surface area contributed by atoms with Gasteiger partial charge in [-0.15, -0.1) is 0 Å². The predicted octanol–water partition coefficient (Wildman–Crippen LogP) is 2.24. The van der Waals surface area contributed by atoms with Crippen molar-refractivity contribution in [2.24, 2.45) is 35.5 Å². The Bertz CT molecular complexity index is 2260. The zero-order valence-electron chi connectivity index (χ0n) is 53.8. The highest BCUT2D eigenvalue weighted by Crippen LogP contribution is 2.25. The van der Waals surface area contributed by atoms with Crippen LogP contribution in [-0.2, 0) is 52.7 Å². The van der Waals surface area contributed by atoms with E-state index in [1.807, 2.05) is 34.6 Å². The number of likely N-dealkylation sites (N-methyl/N-ethyl adjacent to an activating group) is 7. The minimum atomic E-state index is -1.61. The second-order valence-electron chi connectivity index (χ2n) is 24.3. The number of aliphatic hydroxyl groups excluding tert-OH is 1. The zero-order chi connectivity index (χ0) is 63.7. The molecular weight excluding hydrogens is 1050 g/mol. The Morgan fingerprint density at radius 3 is 1.45 bits per heavy atom. The second kappa shape index (κ2) is 33.2. The summed E-state index contributed by atoms with van der Waals surface area (Å²) in [6, 6.07) is -12.3. The quantitative estimate of drug-likeness (QED) is 0.166. The molecule has 1 rings (SSSR count). The summed E-state index contributed by atoms with van der Waals surface area (Å²) in [6.07, 6.45) is 3.15. The Morgan fingerprint density at radius 1 is 0.512 bits per heavy atom. The summed E-state index contributed by atoms with van der Waals surface area (Å²) in [4.78, 5) is 167. The summed E-state index contributed by atoms with van der Waals surface area (Å²) in [5.41, 5.74) is 0. The van der Waals surface area contributed by atoms with Crippen molar-refractivity contribution in [2.45, 2.75) is 209 Å². The van der Waals surface area contributed by atoms with E-state index in [0.29, 0.717) is 12.8 Å². The first kappa shape index (κ1) is 73.9. The van der Waals surface area contributed by atoms with Gasteiger partial charge in [-0.05, 0) is 88.9 Å². The van der Waals surface area contributed by atoms with Crippen LogP contribution in [0.3, 0.4) is 0 Å². The van der Waals surface area contributed by atoms with Crippen LogP contribution in [0.25, 0.3) is 0 Å². The van der Waals surface area contributed by atoms with Gasteiger partial charge in [-0.1, -0.05) is 102 Å². The Balaban J connectivity index is 4.25. The zero-order valence-corrected chi connectivity index (χ0v) is 53.8. The van der Waals surface area contributed by atoms with Gasteiger partial charge in [-0.25, -0.2) is 0 Å². The second-order valence-corrected chi connectivity index (χ2v) is 24.3. The number of rotatable bonds is 13. The third-order valence-electron chi connectivity index (χ3n) is 16.0. The maximum atomic E-state index is 15.1. The largest absolute Gasteiger partial charge is 0.390 e. The van der Waals surface area contributed by atoms with E-state index in [2.05, 4.69) is 21.3 Å². The number of carbonyl (C=O) groups is 11. The normalized spacial score (nSPS) is 27.7. The van der Waals surface area contributed by atoms with Gasteiger partial charge < -0.3 is 60.7 Å². The van der Waals surface area contributed by atoms with Crippen molar-refractivity contribution >= 4 is 65.0 Å². The van der Waals surface area contributed by atoms with Crippen LogP contribution in [0, 0.1) is 35.5 Å². The average Bonchev–Trinajstić information content (AvgIpc) is 3.55. The number of nitrogens with zero attached hydrogens (tertiary/aromatic N) is 7. The van der Waals surface area contributed by atoms with Gasteiger partial charge in [-0.3, -0.25) is 52.7 Å². The van der Waals surface area contributed by atoms with Crippen LogP contribution in [0.4, 0.5) is 0 Å². The summed E-state index contributed by atoms with van der Waals surface area (Å²) in [5.74, 6) is -10.00. The molecule has 468 valence electrons. The average molecular weight is 1160 g/mol. The fourth-order valence-electron chi connectivity index (χ4n) is 10.2. The first-order chi connectivity index (χ1) is 37.9. The van der Waals surface area contributed by atoms with Gasteiger partial charge in [0.25, 0.3) is 0 Å². The molecule has 0 aromatic heterocycles. The van der Waals surface area contributed by atoms with Crippen LogP contribution in [-0.4, -0.2) is 227 Å². The smallest absolute Gasteiger partial charge is 0.246 e. The Kier molecular flexibility index (Phi) is 29.9. The Morgan fingerprint density at radius 2 is 0.988 bits per heavy atom. The standard InChI is InChI=1S/C59H105N11O12/c1-24-27-28-37(13)49(72)48-53(76)62-41(26-3)55(78)64(17)31-44(71)68(21)47(36(12)25-2)52(75)63-45(34(8)9)58(81)65(18)40(16)51(74)60-38(14)50(73)61-39(15)54(77)66(19)42(29-32(4)5)56(79)67(20)43(30-33(6)7)57(80)69(22)46(35(10)11)59(82)70(48)23/h24,27,32-43,45-49,72H,25-26,28-31H2,1-23H3,(H,60,74)(H,61,73)(H,62,76)(H,63,75)/b27-24+/t36?,37-,38+,39-,40+,41+,42+,43+,45+,46+,47+,48+,49-/m1/s1. The molecule has 1 aliphatic rings. The first-order valence-electron chi connectivity index (χ1n) is 29.2. The molecule has 1 saturated heterocycles. The number of amides is 11. The number of carbonyl (C=O) groups excluding carboxylic acids is 11. The molecule has 0 aliphatic carbocycles. The van der Waals surface area contributed by atoms with Gasteiger partial charge >= 0.3 is 0 Å². The molecule has 0 radical (unpaired) electrons. The fraction of sp³-hybridized carbons (Fsp3) is 0.780.